The minimum Gasteiger partial charge on any atom is -0.406 e. The van der Waals surface area contributed by atoms with Crippen LogP contribution in [-0.2, 0) is 18.3 Å². The van der Waals surface area contributed by atoms with Crippen molar-refractivity contribution in [3.8, 4) is 5.75 Å². The van der Waals surface area contributed by atoms with Gasteiger partial charge in [-0.15, -0.1) is 13.2 Å². The molecule has 9 heteroatoms. The summed E-state index contributed by atoms with van der Waals surface area (Å²) in [7, 11) is 3.44. The molecule has 0 fully saturated rings. The highest BCUT2D eigenvalue weighted by Gasteiger charge is 2.30. The third-order valence-electron chi connectivity index (χ3n) is 3.48. The Labute approximate surface area is 143 Å². The van der Waals surface area contributed by atoms with E-state index in [0.717, 1.165) is 11.1 Å². The lowest BCUT2D eigenvalue weighted by atomic mass is 10.1. The van der Waals surface area contributed by atoms with Gasteiger partial charge in [-0.1, -0.05) is 12.1 Å². The summed E-state index contributed by atoms with van der Waals surface area (Å²) in [6, 6.07) is 5.04. The largest absolute Gasteiger partial charge is 0.573 e. The summed E-state index contributed by atoms with van der Waals surface area (Å²) in [5.74, 6) is -0.473. The molecule has 1 amide bonds. The summed E-state index contributed by atoms with van der Waals surface area (Å²) < 4.78 is 41.7. The van der Waals surface area contributed by atoms with Crippen molar-refractivity contribution in [1.29, 1.82) is 0 Å². The Morgan fingerprint density at radius 2 is 2.00 bits per heavy atom. The summed E-state index contributed by atoms with van der Waals surface area (Å²) in [4.78, 5) is 12.2. The molecule has 0 radical (unpaired) electrons. The number of nitrogens with zero attached hydrogens (tertiary/aromatic N) is 2. The Morgan fingerprint density at radius 3 is 2.52 bits per heavy atom. The van der Waals surface area contributed by atoms with Gasteiger partial charge < -0.3 is 15.4 Å². The van der Waals surface area contributed by atoms with Crippen LogP contribution in [0.25, 0.3) is 0 Å². The number of carbonyl (C=O) groups is 1. The van der Waals surface area contributed by atoms with Crippen LogP contribution < -0.4 is 15.4 Å². The van der Waals surface area contributed by atoms with Crippen molar-refractivity contribution in [2.75, 3.05) is 13.6 Å². The number of aromatic nitrogens is 2. The van der Waals surface area contributed by atoms with Crippen LogP contribution in [0.2, 0.25) is 0 Å². The number of hydrogen-bond donors (Lipinski definition) is 2. The fraction of sp³-hybridized carbons (Fsp3) is 0.375. The molecule has 0 aliphatic rings. The Bertz CT molecular complexity index is 698. The quantitative estimate of drug-likeness (QED) is 0.796. The number of halogens is 3. The van der Waals surface area contributed by atoms with Crippen molar-refractivity contribution in [2.45, 2.75) is 18.8 Å². The van der Waals surface area contributed by atoms with E-state index in [9.17, 15) is 18.0 Å². The van der Waals surface area contributed by atoms with E-state index in [-0.39, 0.29) is 11.7 Å². The molecule has 0 saturated heterocycles. The van der Waals surface area contributed by atoms with Crippen LogP contribution in [0.4, 0.5) is 13.2 Å². The third kappa shape index (κ3) is 5.79. The highest BCUT2D eigenvalue weighted by atomic mass is 19.4. The Morgan fingerprint density at radius 1 is 1.32 bits per heavy atom. The first-order chi connectivity index (χ1) is 11.8. The first-order valence-corrected chi connectivity index (χ1v) is 7.56. The zero-order valence-corrected chi connectivity index (χ0v) is 13.8. The standard InChI is InChI=1S/C16H19F3N4O2/c1-20-14(12-9-22-23(2)10-12)15(24)21-8-7-11-3-5-13(6-4-11)25-16(17,18)19/h3-6,9-10,14,20H,7-8H2,1-2H3,(H,21,24). The van der Waals surface area contributed by atoms with Gasteiger partial charge in [0, 0.05) is 25.4 Å². The fourth-order valence-corrected chi connectivity index (χ4v) is 2.33. The summed E-state index contributed by atoms with van der Waals surface area (Å²) in [5.41, 5.74) is 1.54. The van der Waals surface area contributed by atoms with Gasteiger partial charge in [0.15, 0.2) is 0 Å². The zero-order valence-electron chi connectivity index (χ0n) is 13.8. The van der Waals surface area contributed by atoms with Crippen molar-refractivity contribution >= 4 is 5.91 Å². The van der Waals surface area contributed by atoms with E-state index in [1.54, 1.807) is 31.2 Å². The summed E-state index contributed by atoms with van der Waals surface area (Å²) >= 11 is 0. The van der Waals surface area contributed by atoms with Crippen LogP contribution in [-0.4, -0.2) is 35.6 Å². The highest BCUT2D eigenvalue weighted by molar-refractivity contribution is 5.83. The fourth-order valence-electron chi connectivity index (χ4n) is 2.33. The first-order valence-electron chi connectivity index (χ1n) is 7.56. The molecule has 1 aromatic heterocycles. The maximum atomic E-state index is 12.2. The van der Waals surface area contributed by atoms with Gasteiger partial charge >= 0.3 is 6.36 Å². The maximum absolute atomic E-state index is 12.2. The van der Waals surface area contributed by atoms with E-state index in [2.05, 4.69) is 20.5 Å². The van der Waals surface area contributed by atoms with Crippen LogP contribution in [0, 0.1) is 0 Å². The molecule has 2 rings (SSSR count). The minimum absolute atomic E-state index is 0.201. The third-order valence-corrected chi connectivity index (χ3v) is 3.48. The number of rotatable bonds is 7. The molecule has 0 saturated carbocycles. The predicted octanol–water partition coefficient (Wildman–Crippen LogP) is 1.94. The lowest BCUT2D eigenvalue weighted by Gasteiger charge is -2.14. The van der Waals surface area contributed by atoms with E-state index in [1.807, 2.05) is 0 Å². The van der Waals surface area contributed by atoms with E-state index < -0.39 is 12.4 Å². The van der Waals surface area contributed by atoms with Crippen molar-refractivity contribution in [1.82, 2.24) is 20.4 Å². The van der Waals surface area contributed by atoms with Gasteiger partial charge in [0.1, 0.15) is 11.8 Å². The molecular weight excluding hydrogens is 337 g/mol. The minimum atomic E-state index is -4.70. The topological polar surface area (TPSA) is 68.2 Å². The first kappa shape index (κ1) is 18.8. The Balaban J connectivity index is 1.84. The number of aryl methyl sites for hydroxylation is 1. The smallest absolute Gasteiger partial charge is 0.406 e. The number of ether oxygens (including phenoxy) is 1. The SMILES string of the molecule is CNC(C(=O)NCCc1ccc(OC(F)(F)F)cc1)c1cnn(C)c1. The molecule has 0 spiro atoms. The molecule has 6 nitrogen and oxygen atoms in total. The highest BCUT2D eigenvalue weighted by Crippen LogP contribution is 2.22. The number of amides is 1. The second-order valence-corrected chi connectivity index (χ2v) is 5.40. The number of carbonyl (C=O) groups excluding carboxylic acids is 1. The lowest BCUT2D eigenvalue weighted by molar-refractivity contribution is -0.274. The summed E-state index contributed by atoms with van der Waals surface area (Å²) in [5, 5.41) is 9.75. The summed E-state index contributed by atoms with van der Waals surface area (Å²) in [6.45, 7) is 0.358. The Kier molecular flexibility index (Phi) is 6.02. The molecule has 2 aromatic rings. The van der Waals surface area contributed by atoms with Crippen LogP contribution in [0.1, 0.15) is 17.2 Å². The molecular formula is C16H19F3N4O2. The van der Waals surface area contributed by atoms with Gasteiger partial charge in [-0.25, -0.2) is 0 Å². The average molecular weight is 356 g/mol. The second-order valence-electron chi connectivity index (χ2n) is 5.40. The van der Waals surface area contributed by atoms with E-state index in [4.69, 9.17) is 0 Å². The van der Waals surface area contributed by atoms with Crippen molar-refractivity contribution in [2.24, 2.45) is 7.05 Å². The van der Waals surface area contributed by atoms with Crippen molar-refractivity contribution in [3.63, 3.8) is 0 Å². The molecule has 1 aromatic carbocycles. The molecule has 0 aliphatic carbocycles. The summed E-state index contributed by atoms with van der Waals surface area (Å²) in [6.07, 6.45) is -0.855. The predicted molar refractivity (Wildman–Crippen MR) is 84.8 cm³/mol. The van der Waals surface area contributed by atoms with Gasteiger partial charge in [0.05, 0.1) is 6.20 Å². The molecule has 0 bridgehead atoms. The zero-order chi connectivity index (χ0) is 18.4. The average Bonchev–Trinajstić information content (AvgIpc) is 2.94. The number of nitrogens with one attached hydrogen (secondary N) is 2. The molecule has 136 valence electrons. The van der Waals surface area contributed by atoms with Gasteiger partial charge in [-0.05, 0) is 31.2 Å². The van der Waals surface area contributed by atoms with Gasteiger partial charge in [-0.3, -0.25) is 9.48 Å². The van der Waals surface area contributed by atoms with Gasteiger partial charge in [-0.2, -0.15) is 5.10 Å². The van der Waals surface area contributed by atoms with Crippen molar-refractivity contribution in [3.05, 3.63) is 47.8 Å². The number of benzene rings is 1. The van der Waals surface area contributed by atoms with E-state index >= 15 is 0 Å². The normalized spacial score (nSPS) is 12.7. The van der Waals surface area contributed by atoms with Gasteiger partial charge in [0.2, 0.25) is 5.91 Å². The van der Waals surface area contributed by atoms with E-state index in [1.165, 1.54) is 24.3 Å². The molecule has 1 atom stereocenters. The van der Waals surface area contributed by atoms with Crippen LogP contribution in [0.15, 0.2) is 36.7 Å². The molecule has 25 heavy (non-hydrogen) atoms. The van der Waals surface area contributed by atoms with Gasteiger partial charge in [0.25, 0.3) is 0 Å². The van der Waals surface area contributed by atoms with Crippen molar-refractivity contribution < 1.29 is 22.7 Å². The molecule has 1 unspecified atom stereocenters. The van der Waals surface area contributed by atoms with E-state index in [0.29, 0.717) is 13.0 Å². The number of hydrogen-bond acceptors (Lipinski definition) is 4. The molecule has 2 N–H and O–H groups in total. The van der Waals surface area contributed by atoms with Crippen LogP contribution >= 0.6 is 0 Å². The molecule has 1 heterocycles. The van der Waals surface area contributed by atoms with Crippen LogP contribution in [0.3, 0.4) is 0 Å². The lowest BCUT2D eigenvalue weighted by Crippen LogP contribution is -2.36. The molecule has 0 aliphatic heterocycles. The maximum Gasteiger partial charge on any atom is 0.573 e. The monoisotopic (exact) mass is 356 g/mol. The Hall–Kier alpha value is -2.55. The second kappa shape index (κ2) is 8.02. The number of likely N-dealkylation sites (N-methyl/N-ethyl adjacent to an activating group) is 1. The van der Waals surface area contributed by atoms with Crippen LogP contribution in [0.5, 0.6) is 5.75 Å². The number of alkyl halides is 3.